The third-order valence-electron chi connectivity index (χ3n) is 9.37. The maximum absolute atomic E-state index is 9.55. The van der Waals surface area contributed by atoms with Crippen molar-refractivity contribution in [1.29, 1.82) is 0 Å². The highest BCUT2D eigenvalue weighted by atomic mass is 28.3. The second kappa shape index (κ2) is 11.4. The maximum atomic E-state index is 9.55. The van der Waals surface area contributed by atoms with Crippen molar-refractivity contribution >= 4 is 26.5 Å². The van der Waals surface area contributed by atoms with E-state index in [1.807, 2.05) is 42.5 Å². The average molecular weight is 650 g/mol. The smallest absolute Gasteiger partial charge is 0.164 e. The summed E-state index contributed by atoms with van der Waals surface area (Å²) in [5.41, 5.74) is 7.10. The Labute approximate surface area is 287 Å². The number of hydrogen-bond acceptors (Lipinski definition) is 3. The van der Waals surface area contributed by atoms with Crippen LogP contribution in [0.4, 0.5) is 0 Å². The minimum Gasteiger partial charge on any atom is -0.208 e. The van der Waals surface area contributed by atoms with Gasteiger partial charge in [-0.3, -0.25) is 0 Å². The van der Waals surface area contributed by atoms with Crippen LogP contribution in [0.25, 0.3) is 56.4 Å². The lowest BCUT2D eigenvalue weighted by molar-refractivity contribution is 0.660. The summed E-state index contributed by atoms with van der Waals surface area (Å²) < 4.78 is 36.6. The number of hydrogen-bond donors (Lipinski definition) is 0. The van der Waals surface area contributed by atoms with Crippen molar-refractivity contribution in [3.8, 4) is 56.4 Å². The van der Waals surface area contributed by atoms with Crippen LogP contribution in [0.1, 0.15) is 30.5 Å². The standard InChI is InChI=1S/C42H43N3Si2/c1-42(2)37-15-10-9-14-35(37)36-27-31(20-25-38(36)42)30-12-11-13-32(26-30)41-44-39(28-16-21-33(22-17-28)46(3,4)5)43-40(45-41)29-18-23-34(24-19-29)47(6,7)8/h9-27H,1-8H3/i11D,12D,13D,26D. The molecule has 5 aromatic carbocycles. The molecule has 6 aromatic rings. The molecule has 234 valence electrons. The van der Waals surface area contributed by atoms with E-state index in [-0.39, 0.29) is 41.0 Å². The summed E-state index contributed by atoms with van der Waals surface area (Å²) in [5, 5.41) is 2.64. The van der Waals surface area contributed by atoms with E-state index < -0.39 is 16.1 Å². The molecule has 7 rings (SSSR count). The highest BCUT2D eigenvalue weighted by molar-refractivity contribution is 6.89. The lowest BCUT2D eigenvalue weighted by Gasteiger charge is -2.21. The van der Waals surface area contributed by atoms with E-state index >= 15 is 0 Å². The summed E-state index contributed by atoms with van der Waals surface area (Å²) in [7, 11) is -3.09. The molecule has 0 atom stereocenters. The molecule has 0 N–H and O–H groups in total. The Morgan fingerprint density at radius 2 is 0.979 bits per heavy atom. The Morgan fingerprint density at radius 3 is 1.53 bits per heavy atom. The van der Waals surface area contributed by atoms with Crippen molar-refractivity contribution < 1.29 is 5.48 Å². The third kappa shape index (κ3) is 5.83. The van der Waals surface area contributed by atoms with Gasteiger partial charge < -0.3 is 0 Å². The van der Waals surface area contributed by atoms with Gasteiger partial charge in [-0.05, 0) is 45.5 Å². The van der Waals surface area contributed by atoms with Gasteiger partial charge in [0.1, 0.15) is 0 Å². The zero-order valence-electron chi connectivity index (χ0n) is 32.5. The van der Waals surface area contributed by atoms with Gasteiger partial charge in [0.05, 0.1) is 21.6 Å². The largest absolute Gasteiger partial charge is 0.208 e. The molecule has 0 saturated heterocycles. The molecule has 1 aliphatic rings. The molecule has 1 heterocycles. The monoisotopic (exact) mass is 649 g/mol. The van der Waals surface area contributed by atoms with Crippen LogP contribution in [0, 0.1) is 0 Å². The normalized spacial score (nSPS) is 14.9. The van der Waals surface area contributed by atoms with Crippen LogP contribution in [0.5, 0.6) is 0 Å². The first-order chi connectivity index (χ1) is 24.0. The van der Waals surface area contributed by atoms with E-state index in [0.717, 1.165) is 22.3 Å². The number of fused-ring (bicyclic) bond motifs is 3. The molecular weight excluding hydrogens is 603 g/mol. The van der Waals surface area contributed by atoms with Gasteiger partial charge in [-0.2, -0.15) is 0 Å². The van der Waals surface area contributed by atoms with Crippen LogP contribution in [-0.2, 0) is 5.41 Å². The molecule has 0 bridgehead atoms. The third-order valence-corrected chi connectivity index (χ3v) is 13.5. The van der Waals surface area contributed by atoms with Crippen molar-refractivity contribution in [3.63, 3.8) is 0 Å². The minimum absolute atomic E-state index is 0.0437. The van der Waals surface area contributed by atoms with Crippen LogP contribution in [-0.4, -0.2) is 31.1 Å². The van der Waals surface area contributed by atoms with E-state index in [9.17, 15) is 1.37 Å². The molecule has 0 amide bonds. The predicted octanol–water partition coefficient (Wildman–Crippen LogP) is 9.94. The lowest BCUT2D eigenvalue weighted by atomic mass is 9.82. The first-order valence-electron chi connectivity index (χ1n) is 18.3. The summed E-state index contributed by atoms with van der Waals surface area (Å²) in [6.07, 6.45) is 0. The fourth-order valence-electron chi connectivity index (χ4n) is 6.46. The zero-order valence-corrected chi connectivity index (χ0v) is 30.5. The minimum atomic E-state index is -1.54. The fourth-order valence-corrected chi connectivity index (χ4v) is 8.79. The van der Waals surface area contributed by atoms with Gasteiger partial charge in [-0.1, -0.05) is 167 Å². The highest BCUT2D eigenvalue weighted by Crippen LogP contribution is 2.49. The van der Waals surface area contributed by atoms with Gasteiger partial charge in [-0.25, -0.2) is 15.0 Å². The topological polar surface area (TPSA) is 38.7 Å². The fraction of sp³-hybridized carbons (Fsp3) is 0.214. The molecule has 0 fully saturated rings. The molecule has 0 aliphatic heterocycles. The van der Waals surface area contributed by atoms with E-state index in [0.29, 0.717) is 22.8 Å². The van der Waals surface area contributed by atoms with E-state index in [2.05, 4.69) is 102 Å². The molecule has 3 nitrogen and oxygen atoms in total. The molecule has 1 aromatic heterocycles. The van der Waals surface area contributed by atoms with E-state index in [4.69, 9.17) is 19.1 Å². The first kappa shape index (κ1) is 26.6. The van der Waals surface area contributed by atoms with Gasteiger partial charge >= 0.3 is 0 Å². The van der Waals surface area contributed by atoms with Crippen LogP contribution < -0.4 is 10.4 Å². The maximum Gasteiger partial charge on any atom is 0.164 e. The van der Waals surface area contributed by atoms with Crippen molar-refractivity contribution in [3.05, 3.63) is 126 Å². The zero-order chi connectivity index (χ0) is 36.6. The van der Waals surface area contributed by atoms with E-state index in [1.165, 1.54) is 21.5 Å². The van der Waals surface area contributed by atoms with Crippen LogP contribution in [0.2, 0.25) is 39.3 Å². The lowest BCUT2D eigenvalue weighted by Crippen LogP contribution is -2.37. The van der Waals surface area contributed by atoms with Gasteiger partial charge in [0.15, 0.2) is 17.5 Å². The quantitative estimate of drug-likeness (QED) is 0.169. The Hall–Kier alpha value is -4.46. The summed E-state index contributed by atoms with van der Waals surface area (Å²) in [5.74, 6) is 1.02. The molecular formula is C42H43N3Si2. The first-order valence-corrected chi connectivity index (χ1v) is 23.3. The highest BCUT2D eigenvalue weighted by Gasteiger charge is 2.35. The summed E-state index contributed by atoms with van der Waals surface area (Å²) >= 11 is 0. The van der Waals surface area contributed by atoms with Crippen LogP contribution >= 0.6 is 0 Å². The Bertz CT molecular complexity index is 2260. The van der Waals surface area contributed by atoms with Crippen LogP contribution in [0.3, 0.4) is 0 Å². The number of nitrogens with zero attached hydrogens (tertiary/aromatic N) is 3. The number of benzene rings is 5. The van der Waals surface area contributed by atoms with Gasteiger partial charge in [0, 0.05) is 22.1 Å². The van der Waals surface area contributed by atoms with Crippen LogP contribution in [0.15, 0.2) is 115 Å². The second-order valence-electron chi connectivity index (χ2n) is 15.1. The number of rotatable bonds is 6. The Balaban J connectivity index is 1.44. The van der Waals surface area contributed by atoms with Crippen molar-refractivity contribution in [2.75, 3.05) is 0 Å². The molecule has 47 heavy (non-hydrogen) atoms. The summed E-state index contributed by atoms with van der Waals surface area (Å²) in [4.78, 5) is 14.7. The van der Waals surface area contributed by atoms with Gasteiger partial charge in [-0.15, -0.1) is 0 Å². The molecule has 5 heteroatoms. The van der Waals surface area contributed by atoms with Crippen molar-refractivity contribution in [1.82, 2.24) is 15.0 Å². The summed E-state index contributed by atoms with van der Waals surface area (Å²) in [6.45, 7) is 18.3. The van der Waals surface area contributed by atoms with Crippen molar-refractivity contribution in [2.45, 2.75) is 58.5 Å². The SMILES string of the molecule is [2H]c1c([2H])c(-c2ccc3c(c2)-c2ccccc2C3(C)C)c([2H])c(-c2nc(-c3ccc([Si](C)(C)C)cc3)nc(-c3ccc([Si](C)(C)C)cc3)n2)c1[2H]. The molecule has 0 spiro atoms. The van der Waals surface area contributed by atoms with E-state index in [1.54, 1.807) is 0 Å². The summed E-state index contributed by atoms with van der Waals surface area (Å²) in [6, 6.07) is 30.4. The second-order valence-corrected chi connectivity index (χ2v) is 25.3. The van der Waals surface area contributed by atoms with Crippen molar-refractivity contribution in [2.24, 2.45) is 0 Å². The molecule has 1 aliphatic carbocycles. The predicted molar refractivity (Wildman–Crippen MR) is 205 cm³/mol. The molecule has 0 unspecified atom stereocenters. The number of aromatic nitrogens is 3. The molecule has 0 radical (unpaired) electrons. The molecule has 0 saturated carbocycles. The average Bonchev–Trinajstić information content (AvgIpc) is 3.32. The van der Waals surface area contributed by atoms with Gasteiger partial charge in [0.2, 0.25) is 0 Å². The Morgan fingerprint density at radius 1 is 0.511 bits per heavy atom. The van der Waals surface area contributed by atoms with Gasteiger partial charge in [0.25, 0.3) is 0 Å². The Kier molecular flexibility index (Phi) is 6.43.